The van der Waals surface area contributed by atoms with Crippen molar-refractivity contribution in [3.05, 3.63) is 72.8 Å². The van der Waals surface area contributed by atoms with Crippen molar-refractivity contribution in [2.45, 2.75) is 0 Å². The van der Waals surface area contributed by atoms with Gasteiger partial charge in [-0.15, -0.1) is 0 Å². The SMILES string of the molecule is O=C(O)COc1ccc(-c2nc3ccccc3nc2-c2ccc(OCC(=O)O)cc2)cc1. The summed E-state index contributed by atoms with van der Waals surface area (Å²) < 4.78 is 10.4. The lowest BCUT2D eigenvalue weighted by molar-refractivity contribution is -0.140. The molecule has 8 nitrogen and oxygen atoms in total. The number of carboxylic acids is 2. The highest BCUT2D eigenvalue weighted by Gasteiger charge is 2.14. The van der Waals surface area contributed by atoms with Gasteiger partial charge in [0.15, 0.2) is 13.2 Å². The van der Waals surface area contributed by atoms with Crippen molar-refractivity contribution in [2.75, 3.05) is 13.2 Å². The summed E-state index contributed by atoms with van der Waals surface area (Å²) in [4.78, 5) is 31.0. The molecular weight excluding hydrogens is 412 g/mol. The number of rotatable bonds is 8. The van der Waals surface area contributed by atoms with E-state index in [1.807, 2.05) is 24.3 Å². The number of hydrogen-bond acceptors (Lipinski definition) is 6. The Bertz CT molecular complexity index is 1170. The number of para-hydroxylation sites is 2. The zero-order chi connectivity index (χ0) is 22.5. The van der Waals surface area contributed by atoms with Crippen LogP contribution in [0.1, 0.15) is 0 Å². The molecule has 0 aliphatic rings. The molecule has 0 radical (unpaired) electrons. The van der Waals surface area contributed by atoms with Crippen LogP contribution in [-0.2, 0) is 9.59 Å². The molecule has 2 N–H and O–H groups in total. The highest BCUT2D eigenvalue weighted by atomic mass is 16.5. The van der Waals surface area contributed by atoms with E-state index in [1.54, 1.807) is 48.5 Å². The second kappa shape index (κ2) is 9.13. The van der Waals surface area contributed by atoms with Gasteiger partial charge in [-0.2, -0.15) is 0 Å². The van der Waals surface area contributed by atoms with Gasteiger partial charge in [0, 0.05) is 11.1 Å². The molecule has 32 heavy (non-hydrogen) atoms. The smallest absolute Gasteiger partial charge is 0.341 e. The molecule has 0 unspecified atom stereocenters. The third-order valence-corrected chi connectivity index (χ3v) is 4.55. The van der Waals surface area contributed by atoms with Crippen LogP contribution in [0.4, 0.5) is 0 Å². The van der Waals surface area contributed by atoms with Crippen molar-refractivity contribution < 1.29 is 29.3 Å². The Morgan fingerprint density at radius 2 is 1.00 bits per heavy atom. The molecule has 0 fully saturated rings. The van der Waals surface area contributed by atoms with E-state index in [1.165, 1.54) is 0 Å². The van der Waals surface area contributed by atoms with E-state index in [0.29, 0.717) is 22.9 Å². The van der Waals surface area contributed by atoms with E-state index in [2.05, 4.69) is 0 Å². The van der Waals surface area contributed by atoms with E-state index < -0.39 is 25.2 Å². The maximum atomic E-state index is 10.7. The van der Waals surface area contributed by atoms with Crippen molar-refractivity contribution >= 4 is 23.0 Å². The summed E-state index contributed by atoms with van der Waals surface area (Å²) in [6.07, 6.45) is 0. The van der Waals surface area contributed by atoms with Crippen LogP contribution in [0.15, 0.2) is 72.8 Å². The molecule has 0 saturated carbocycles. The topological polar surface area (TPSA) is 119 Å². The first kappa shape index (κ1) is 20.8. The molecule has 0 spiro atoms. The fourth-order valence-electron chi connectivity index (χ4n) is 3.11. The molecule has 3 aromatic carbocycles. The molecule has 0 aliphatic heterocycles. The Balaban J connectivity index is 1.72. The molecule has 4 rings (SSSR count). The highest BCUT2D eigenvalue weighted by Crippen LogP contribution is 2.32. The standard InChI is InChI=1S/C24H18N2O6/c27-21(28)13-31-17-9-5-15(6-10-17)23-24(26-20-4-2-1-3-19(20)25-23)16-7-11-18(12-8-16)32-14-22(29)30/h1-12H,13-14H2,(H,27,28)(H,29,30). The van der Waals surface area contributed by atoms with Crippen molar-refractivity contribution in [3.63, 3.8) is 0 Å². The zero-order valence-electron chi connectivity index (χ0n) is 16.8. The summed E-state index contributed by atoms with van der Waals surface area (Å²) in [5, 5.41) is 17.5. The molecular formula is C24H18N2O6. The van der Waals surface area contributed by atoms with Gasteiger partial charge < -0.3 is 19.7 Å². The largest absolute Gasteiger partial charge is 0.482 e. The number of ether oxygens (including phenoxy) is 2. The van der Waals surface area contributed by atoms with Crippen molar-refractivity contribution in [3.8, 4) is 34.0 Å². The maximum absolute atomic E-state index is 10.7. The third kappa shape index (κ3) is 4.81. The predicted molar refractivity (Wildman–Crippen MR) is 117 cm³/mol. The monoisotopic (exact) mass is 430 g/mol. The Kier molecular flexibility index (Phi) is 5.94. The number of nitrogens with zero attached hydrogens (tertiary/aromatic N) is 2. The van der Waals surface area contributed by atoms with Gasteiger partial charge in [-0.25, -0.2) is 19.6 Å². The average Bonchev–Trinajstić information content (AvgIpc) is 2.81. The second-order valence-corrected chi connectivity index (χ2v) is 6.82. The van der Waals surface area contributed by atoms with Crippen molar-refractivity contribution in [1.29, 1.82) is 0 Å². The minimum Gasteiger partial charge on any atom is -0.482 e. The summed E-state index contributed by atoms with van der Waals surface area (Å²) in [5.41, 5.74) is 4.33. The maximum Gasteiger partial charge on any atom is 0.341 e. The lowest BCUT2D eigenvalue weighted by Crippen LogP contribution is -2.09. The van der Waals surface area contributed by atoms with E-state index >= 15 is 0 Å². The Morgan fingerprint density at radius 3 is 1.34 bits per heavy atom. The van der Waals surface area contributed by atoms with Crippen LogP contribution in [0, 0.1) is 0 Å². The normalized spacial score (nSPS) is 10.6. The van der Waals surface area contributed by atoms with Crippen LogP contribution in [0.3, 0.4) is 0 Å². The van der Waals surface area contributed by atoms with E-state index in [4.69, 9.17) is 29.7 Å². The van der Waals surface area contributed by atoms with Gasteiger partial charge in [-0.3, -0.25) is 0 Å². The number of hydrogen-bond donors (Lipinski definition) is 2. The van der Waals surface area contributed by atoms with E-state index in [9.17, 15) is 9.59 Å². The van der Waals surface area contributed by atoms with Crippen LogP contribution in [0.25, 0.3) is 33.5 Å². The molecule has 0 saturated heterocycles. The van der Waals surface area contributed by atoms with Gasteiger partial charge in [-0.1, -0.05) is 12.1 Å². The Hall–Kier alpha value is -4.46. The van der Waals surface area contributed by atoms with Crippen LogP contribution in [-0.4, -0.2) is 45.3 Å². The number of fused-ring (bicyclic) bond motifs is 1. The lowest BCUT2D eigenvalue weighted by atomic mass is 10.0. The first-order chi connectivity index (χ1) is 15.5. The molecule has 0 bridgehead atoms. The van der Waals surface area contributed by atoms with Crippen LogP contribution >= 0.6 is 0 Å². The first-order valence-corrected chi connectivity index (χ1v) is 9.66. The van der Waals surface area contributed by atoms with Crippen LogP contribution < -0.4 is 9.47 Å². The summed E-state index contributed by atoms with van der Waals surface area (Å²) >= 11 is 0. The molecule has 1 aromatic heterocycles. The number of aliphatic carboxylic acids is 2. The molecule has 0 aliphatic carbocycles. The van der Waals surface area contributed by atoms with Crippen LogP contribution in [0.5, 0.6) is 11.5 Å². The second-order valence-electron chi connectivity index (χ2n) is 6.82. The Labute approximate surface area is 182 Å². The molecule has 1 heterocycles. The molecule has 0 atom stereocenters. The van der Waals surface area contributed by atoms with Gasteiger partial charge in [0.25, 0.3) is 0 Å². The average molecular weight is 430 g/mol. The minimum atomic E-state index is -1.05. The fraction of sp³-hybridized carbons (Fsp3) is 0.0833. The zero-order valence-corrected chi connectivity index (χ0v) is 16.8. The predicted octanol–water partition coefficient (Wildman–Crippen LogP) is 3.89. The van der Waals surface area contributed by atoms with Crippen molar-refractivity contribution in [1.82, 2.24) is 9.97 Å². The minimum absolute atomic E-state index is 0.420. The first-order valence-electron chi connectivity index (χ1n) is 9.66. The van der Waals surface area contributed by atoms with Gasteiger partial charge in [-0.05, 0) is 60.7 Å². The number of carboxylic acid groups (broad SMARTS) is 2. The highest BCUT2D eigenvalue weighted by molar-refractivity contribution is 5.86. The van der Waals surface area contributed by atoms with Gasteiger partial charge in [0.1, 0.15) is 11.5 Å². The quantitative estimate of drug-likeness (QED) is 0.432. The summed E-state index contributed by atoms with van der Waals surface area (Å²) in [5.74, 6) is -1.22. The van der Waals surface area contributed by atoms with Gasteiger partial charge >= 0.3 is 11.9 Å². The third-order valence-electron chi connectivity index (χ3n) is 4.55. The number of aromatic nitrogens is 2. The number of carbonyl (C=O) groups is 2. The molecule has 8 heteroatoms. The summed E-state index contributed by atoms with van der Waals surface area (Å²) in [6, 6.07) is 21.4. The molecule has 160 valence electrons. The molecule has 4 aromatic rings. The van der Waals surface area contributed by atoms with Gasteiger partial charge in [0.05, 0.1) is 22.4 Å². The summed E-state index contributed by atoms with van der Waals surface area (Å²) in [6.45, 7) is -0.840. The van der Waals surface area contributed by atoms with Crippen molar-refractivity contribution in [2.24, 2.45) is 0 Å². The molecule has 0 amide bonds. The van der Waals surface area contributed by atoms with E-state index in [-0.39, 0.29) is 0 Å². The Morgan fingerprint density at radius 1 is 0.625 bits per heavy atom. The van der Waals surface area contributed by atoms with E-state index in [0.717, 1.165) is 22.2 Å². The van der Waals surface area contributed by atoms with Gasteiger partial charge in [0.2, 0.25) is 0 Å². The number of benzene rings is 3. The van der Waals surface area contributed by atoms with Crippen LogP contribution in [0.2, 0.25) is 0 Å². The fourth-order valence-corrected chi connectivity index (χ4v) is 3.11. The lowest BCUT2D eigenvalue weighted by Gasteiger charge is -2.12. The summed E-state index contributed by atoms with van der Waals surface area (Å²) in [7, 11) is 0.